The lowest BCUT2D eigenvalue weighted by Crippen LogP contribution is -2.10. The van der Waals surface area contributed by atoms with E-state index in [4.69, 9.17) is 10.00 Å². The largest absolute Gasteiger partial charge is 0.468 e. The van der Waals surface area contributed by atoms with Crippen LogP contribution in [0.25, 0.3) is 5.57 Å². The summed E-state index contributed by atoms with van der Waals surface area (Å²) in [6.07, 6.45) is 1.65. The smallest absolute Gasteiger partial charge is 0.317 e. The summed E-state index contributed by atoms with van der Waals surface area (Å²) >= 11 is 0. The lowest BCUT2D eigenvalue weighted by molar-refractivity contribution is -0.141. The molecule has 1 aliphatic rings. The molecule has 1 aromatic rings. The lowest BCUT2D eigenvalue weighted by atomic mass is 10.0. The molecule has 0 spiro atoms. The molecule has 1 unspecified atom stereocenters. The number of methoxy groups -OCH3 is 1. The third-order valence-electron chi connectivity index (χ3n) is 2.49. The standard InChI is InChI=1S/C12H9NO2/c1-15-12(14)11-6-8(7-13)9-4-2-3-5-10(9)11/h2-6,11H,1H3. The van der Waals surface area contributed by atoms with E-state index in [0.717, 1.165) is 11.1 Å². The van der Waals surface area contributed by atoms with Gasteiger partial charge >= 0.3 is 5.97 Å². The van der Waals surface area contributed by atoms with Crippen molar-refractivity contribution in [1.82, 2.24) is 0 Å². The van der Waals surface area contributed by atoms with Gasteiger partial charge in [0.25, 0.3) is 0 Å². The Bertz CT molecular complexity index is 483. The molecule has 74 valence electrons. The zero-order valence-electron chi connectivity index (χ0n) is 8.23. The van der Waals surface area contributed by atoms with Crippen LogP contribution >= 0.6 is 0 Å². The zero-order chi connectivity index (χ0) is 10.8. The number of nitriles is 1. The molecule has 0 bridgehead atoms. The van der Waals surface area contributed by atoms with Gasteiger partial charge in [-0.1, -0.05) is 24.3 Å². The summed E-state index contributed by atoms with van der Waals surface area (Å²) in [5.41, 5.74) is 2.22. The van der Waals surface area contributed by atoms with Gasteiger partial charge in [0.1, 0.15) is 5.92 Å². The maximum atomic E-state index is 11.5. The first-order chi connectivity index (χ1) is 7.27. The highest BCUT2D eigenvalue weighted by atomic mass is 16.5. The Labute approximate surface area is 87.6 Å². The van der Waals surface area contributed by atoms with Crippen molar-refractivity contribution in [2.24, 2.45) is 0 Å². The van der Waals surface area contributed by atoms with Crippen LogP contribution in [0.3, 0.4) is 0 Å². The van der Waals surface area contributed by atoms with Gasteiger partial charge in [0.05, 0.1) is 18.8 Å². The number of allylic oxidation sites excluding steroid dienone is 1. The average molecular weight is 199 g/mol. The number of benzene rings is 1. The maximum Gasteiger partial charge on any atom is 0.317 e. The number of carbonyl (C=O) groups excluding carboxylic acids is 1. The van der Waals surface area contributed by atoms with Crippen LogP contribution in [0, 0.1) is 11.3 Å². The number of esters is 1. The van der Waals surface area contributed by atoms with Gasteiger partial charge in [-0.15, -0.1) is 0 Å². The Morgan fingerprint density at radius 1 is 1.47 bits per heavy atom. The van der Waals surface area contributed by atoms with Crippen molar-refractivity contribution in [3.8, 4) is 6.07 Å². The van der Waals surface area contributed by atoms with Crippen molar-refractivity contribution in [2.75, 3.05) is 7.11 Å². The minimum Gasteiger partial charge on any atom is -0.468 e. The van der Waals surface area contributed by atoms with E-state index in [0.29, 0.717) is 5.57 Å². The first kappa shape index (κ1) is 9.47. The summed E-state index contributed by atoms with van der Waals surface area (Å²) in [5, 5.41) is 8.91. The van der Waals surface area contributed by atoms with Crippen LogP contribution < -0.4 is 0 Å². The fraction of sp³-hybridized carbons (Fsp3) is 0.167. The van der Waals surface area contributed by atoms with E-state index in [9.17, 15) is 4.79 Å². The Hall–Kier alpha value is -2.08. The van der Waals surface area contributed by atoms with E-state index in [-0.39, 0.29) is 5.97 Å². The predicted octanol–water partition coefficient (Wildman–Crippen LogP) is 1.86. The molecule has 15 heavy (non-hydrogen) atoms. The molecule has 1 aromatic carbocycles. The Balaban J connectivity index is 2.52. The second-order valence-electron chi connectivity index (χ2n) is 3.28. The second kappa shape index (κ2) is 3.58. The number of hydrogen-bond acceptors (Lipinski definition) is 3. The number of fused-ring (bicyclic) bond motifs is 1. The predicted molar refractivity (Wildman–Crippen MR) is 54.8 cm³/mol. The molecule has 0 heterocycles. The number of nitrogens with zero attached hydrogens (tertiary/aromatic N) is 1. The molecule has 0 aliphatic heterocycles. The molecule has 0 radical (unpaired) electrons. The van der Waals surface area contributed by atoms with Gasteiger partial charge in [0.15, 0.2) is 0 Å². The Kier molecular flexibility index (Phi) is 2.26. The van der Waals surface area contributed by atoms with Gasteiger partial charge in [-0.25, -0.2) is 0 Å². The Morgan fingerprint density at radius 2 is 2.20 bits per heavy atom. The molecular formula is C12H9NO2. The highest BCUT2D eigenvalue weighted by molar-refractivity contribution is 5.93. The zero-order valence-corrected chi connectivity index (χ0v) is 8.23. The molecule has 2 rings (SSSR count). The van der Waals surface area contributed by atoms with Gasteiger partial charge in [-0.05, 0) is 17.2 Å². The number of rotatable bonds is 1. The van der Waals surface area contributed by atoms with Crippen LogP contribution in [0.4, 0.5) is 0 Å². The molecule has 0 fully saturated rings. The molecule has 1 aliphatic carbocycles. The third-order valence-corrected chi connectivity index (χ3v) is 2.49. The molecular weight excluding hydrogens is 190 g/mol. The topological polar surface area (TPSA) is 50.1 Å². The number of ether oxygens (including phenoxy) is 1. The monoisotopic (exact) mass is 199 g/mol. The fourth-order valence-electron chi connectivity index (χ4n) is 1.78. The summed E-state index contributed by atoms with van der Waals surface area (Å²) in [7, 11) is 1.35. The average Bonchev–Trinajstić information content (AvgIpc) is 2.67. The third kappa shape index (κ3) is 1.40. The van der Waals surface area contributed by atoms with Crippen LogP contribution in [0.1, 0.15) is 17.0 Å². The van der Waals surface area contributed by atoms with Gasteiger partial charge in [-0.2, -0.15) is 5.26 Å². The van der Waals surface area contributed by atoms with Crippen LogP contribution in [-0.4, -0.2) is 13.1 Å². The highest BCUT2D eigenvalue weighted by Crippen LogP contribution is 2.35. The molecule has 0 N–H and O–H groups in total. The molecule has 3 heteroatoms. The van der Waals surface area contributed by atoms with Crippen molar-refractivity contribution >= 4 is 11.5 Å². The molecule has 0 saturated heterocycles. The summed E-state index contributed by atoms with van der Waals surface area (Å²) in [6, 6.07) is 9.47. The molecule has 3 nitrogen and oxygen atoms in total. The molecule has 0 amide bonds. The SMILES string of the molecule is COC(=O)C1C=C(C#N)c2ccccc21. The number of hydrogen-bond donors (Lipinski definition) is 0. The molecule has 0 aromatic heterocycles. The van der Waals surface area contributed by atoms with Gasteiger partial charge in [0.2, 0.25) is 0 Å². The van der Waals surface area contributed by atoms with Crippen molar-refractivity contribution in [2.45, 2.75) is 5.92 Å². The van der Waals surface area contributed by atoms with Crippen LogP contribution in [0.2, 0.25) is 0 Å². The van der Waals surface area contributed by atoms with Crippen molar-refractivity contribution in [3.05, 3.63) is 41.5 Å². The van der Waals surface area contributed by atoms with Gasteiger partial charge < -0.3 is 4.74 Å². The van der Waals surface area contributed by atoms with Crippen LogP contribution in [0.15, 0.2) is 30.3 Å². The summed E-state index contributed by atoms with van der Waals surface area (Å²) < 4.78 is 4.69. The van der Waals surface area contributed by atoms with Crippen molar-refractivity contribution in [1.29, 1.82) is 5.26 Å². The van der Waals surface area contributed by atoms with E-state index in [2.05, 4.69) is 6.07 Å². The Morgan fingerprint density at radius 3 is 2.87 bits per heavy atom. The summed E-state index contributed by atoms with van der Waals surface area (Å²) in [5.74, 6) is -0.756. The van der Waals surface area contributed by atoms with E-state index in [1.54, 1.807) is 6.08 Å². The normalized spacial score (nSPS) is 17.6. The fourth-order valence-corrected chi connectivity index (χ4v) is 1.78. The van der Waals surface area contributed by atoms with E-state index < -0.39 is 5.92 Å². The quantitative estimate of drug-likeness (QED) is 0.648. The van der Waals surface area contributed by atoms with Crippen molar-refractivity contribution < 1.29 is 9.53 Å². The van der Waals surface area contributed by atoms with Gasteiger partial charge in [0, 0.05) is 0 Å². The summed E-state index contributed by atoms with van der Waals surface area (Å²) in [4.78, 5) is 11.5. The van der Waals surface area contributed by atoms with E-state index in [1.807, 2.05) is 24.3 Å². The van der Waals surface area contributed by atoms with Gasteiger partial charge in [-0.3, -0.25) is 4.79 Å². The minimum atomic E-state index is -0.430. The van der Waals surface area contributed by atoms with E-state index >= 15 is 0 Å². The van der Waals surface area contributed by atoms with Crippen LogP contribution in [0.5, 0.6) is 0 Å². The molecule has 0 saturated carbocycles. The number of carbonyl (C=O) groups is 1. The van der Waals surface area contributed by atoms with Crippen LogP contribution in [-0.2, 0) is 9.53 Å². The van der Waals surface area contributed by atoms with E-state index in [1.165, 1.54) is 7.11 Å². The molecule has 1 atom stereocenters. The second-order valence-corrected chi connectivity index (χ2v) is 3.28. The highest BCUT2D eigenvalue weighted by Gasteiger charge is 2.28. The first-order valence-corrected chi connectivity index (χ1v) is 4.57. The first-order valence-electron chi connectivity index (χ1n) is 4.57. The lowest BCUT2D eigenvalue weighted by Gasteiger charge is -2.07. The maximum absolute atomic E-state index is 11.5. The van der Waals surface area contributed by atoms with Crippen molar-refractivity contribution in [3.63, 3.8) is 0 Å². The summed E-state index contributed by atoms with van der Waals surface area (Å²) in [6.45, 7) is 0. The minimum absolute atomic E-state index is 0.326.